The normalized spacial score (nSPS) is 15.7. The average Bonchev–Trinajstić information content (AvgIpc) is 3.60. The van der Waals surface area contributed by atoms with E-state index in [1.54, 1.807) is 6.20 Å². The largest absolute Gasteiger partial charge is 0.466 e. The molecule has 0 radical (unpaired) electrons. The maximum atomic E-state index is 13.7. The van der Waals surface area contributed by atoms with E-state index in [-0.39, 0.29) is 11.9 Å². The van der Waals surface area contributed by atoms with Crippen LogP contribution in [0.3, 0.4) is 0 Å². The van der Waals surface area contributed by atoms with Crippen molar-refractivity contribution in [3.63, 3.8) is 0 Å². The molecule has 3 aromatic heterocycles. The second kappa shape index (κ2) is 9.83. The maximum Gasteiger partial charge on any atom is 0.128 e. The van der Waals surface area contributed by atoms with Crippen LogP contribution in [0.1, 0.15) is 43.0 Å². The van der Waals surface area contributed by atoms with Gasteiger partial charge in [-0.05, 0) is 92.4 Å². The van der Waals surface area contributed by atoms with E-state index in [1.165, 1.54) is 28.5 Å². The summed E-state index contributed by atoms with van der Waals surface area (Å²) in [6, 6.07) is 26.1. The molecule has 5 heteroatoms. The highest BCUT2D eigenvalue weighted by Crippen LogP contribution is 2.40. The van der Waals surface area contributed by atoms with Crippen molar-refractivity contribution < 1.29 is 8.81 Å². The third kappa shape index (κ3) is 4.33. The minimum absolute atomic E-state index is 0.222. The zero-order valence-corrected chi connectivity index (χ0v) is 21.9. The number of halogens is 1. The van der Waals surface area contributed by atoms with E-state index < -0.39 is 0 Å². The van der Waals surface area contributed by atoms with Gasteiger partial charge in [-0.15, -0.1) is 0 Å². The second-order valence-corrected chi connectivity index (χ2v) is 10.6. The van der Waals surface area contributed by atoms with Crippen LogP contribution in [0, 0.1) is 5.82 Å². The SMILES string of the molecule is CC(c1occ2ccccc12)N1CCC(c2cn(-c3ccc(F)cc3)c3ccc(-c4cccnc4)cc23)CC1. The molecule has 1 atom stereocenters. The summed E-state index contributed by atoms with van der Waals surface area (Å²) in [5.41, 5.74) is 5.73. The molecule has 194 valence electrons. The molecule has 1 unspecified atom stereocenters. The number of pyridine rings is 1. The van der Waals surface area contributed by atoms with E-state index in [0.29, 0.717) is 5.92 Å². The first-order valence-electron chi connectivity index (χ1n) is 13.7. The van der Waals surface area contributed by atoms with E-state index in [0.717, 1.165) is 59.4 Å². The number of aromatic nitrogens is 2. The van der Waals surface area contributed by atoms with Gasteiger partial charge in [0.2, 0.25) is 0 Å². The zero-order chi connectivity index (χ0) is 26.3. The Hall–Kier alpha value is -4.22. The Morgan fingerprint density at radius 3 is 2.51 bits per heavy atom. The quantitative estimate of drug-likeness (QED) is 0.231. The molecular weight excluding hydrogens is 485 g/mol. The summed E-state index contributed by atoms with van der Waals surface area (Å²) in [7, 11) is 0. The van der Waals surface area contributed by atoms with Crippen LogP contribution in [0.25, 0.3) is 38.5 Å². The average molecular weight is 516 g/mol. The second-order valence-electron chi connectivity index (χ2n) is 10.6. The minimum Gasteiger partial charge on any atom is -0.466 e. The number of rotatable bonds is 5. The van der Waals surface area contributed by atoms with E-state index in [4.69, 9.17) is 4.42 Å². The summed E-state index contributed by atoms with van der Waals surface area (Å²) in [6.07, 6.45) is 10.0. The summed E-state index contributed by atoms with van der Waals surface area (Å²) in [4.78, 5) is 6.87. The number of likely N-dealkylation sites (tertiary alicyclic amines) is 1. The van der Waals surface area contributed by atoms with Gasteiger partial charge in [-0.25, -0.2) is 4.39 Å². The first-order chi connectivity index (χ1) is 19.2. The van der Waals surface area contributed by atoms with E-state index in [9.17, 15) is 4.39 Å². The van der Waals surface area contributed by atoms with Crippen LogP contribution in [-0.4, -0.2) is 27.5 Å². The Morgan fingerprint density at radius 1 is 0.897 bits per heavy atom. The number of piperidine rings is 1. The van der Waals surface area contributed by atoms with Crippen molar-refractivity contribution in [1.82, 2.24) is 14.5 Å². The Morgan fingerprint density at radius 2 is 1.72 bits per heavy atom. The summed E-state index contributed by atoms with van der Waals surface area (Å²) in [5, 5.41) is 3.62. The van der Waals surface area contributed by atoms with Gasteiger partial charge in [-0.3, -0.25) is 9.88 Å². The van der Waals surface area contributed by atoms with Crippen molar-refractivity contribution in [1.29, 1.82) is 0 Å². The highest BCUT2D eigenvalue weighted by atomic mass is 19.1. The van der Waals surface area contributed by atoms with Crippen molar-refractivity contribution >= 4 is 21.7 Å². The Bertz CT molecular complexity index is 1740. The van der Waals surface area contributed by atoms with Gasteiger partial charge in [-0.2, -0.15) is 0 Å². The molecule has 0 spiro atoms. The molecular formula is C34H30FN3O. The molecule has 4 nitrogen and oxygen atoms in total. The molecule has 1 aliphatic heterocycles. The topological polar surface area (TPSA) is 34.2 Å². The Kier molecular flexibility index (Phi) is 6.01. The monoisotopic (exact) mass is 515 g/mol. The van der Waals surface area contributed by atoms with Crippen LogP contribution in [0.15, 0.2) is 108 Å². The predicted octanol–water partition coefficient (Wildman–Crippen LogP) is 8.52. The van der Waals surface area contributed by atoms with Gasteiger partial charge in [0.15, 0.2) is 0 Å². The fraction of sp³-hybridized carbons (Fsp3) is 0.206. The molecule has 1 saturated heterocycles. The molecule has 1 fully saturated rings. The number of hydrogen-bond acceptors (Lipinski definition) is 3. The van der Waals surface area contributed by atoms with Crippen molar-refractivity contribution in [2.75, 3.05) is 13.1 Å². The maximum absolute atomic E-state index is 13.7. The lowest BCUT2D eigenvalue weighted by Gasteiger charge is -2.35. The fourth-order valence-corrected chi connectivity index (χ4v) is 6.21. The number of benzene rings is 3. The lowest BCUT2D eigenvalue weighted by Crippen LogP contribution is -2.35. The number of furan rings is 1. The summed E-state index contributed by atoms with van der Waals surface area (Å²) in [5.74, 6) is 1.27. The Labute approximate surface area is 227 Å². The highest BCUT2D eigenvalue weighted by Gasteiger charge is 2.29. The van der Waals surface area contributed by atoms with Crippen molar-refractivity contribution in [2.24, 2.45) is 0 Å². The molecule has 6 aromatic rings. The van der Waals surface area contributed by atoms with Crippen LogP contribution >= 0.6 is 0 Å². The van der Waals surface area contributed by atoms with Gasteiger partial charge in [0.25, 0.3) is 0 Å². The fourth-order valence-electron chi connectivity index (χ4n) is 6.21. The predicted molar refractivity (Wildman–Crippen MR) is 155 cm³/mol. The molecule has 1 aliphatic rings. The highest BCUT2D eigenvalue weighted by molar-refractivity contribution is 5.90. The van der Waals surface area contributed by atoms with Gasteiger partial charge < -0.3 is 8.98 Å². The van der Waals surface area contributed by atoms with Gasteiger partial charge in [0.1, 0.15) is 11.6 Å². The smallest absolute Gasteiger partial charge is 0.128 e. The van der Waals surface area contributed by atoms with Gasteiger partial charge in [-0.1, -0.05) is 36.4 Å². The number of hydrogen-bond donors (Lipinski definition) is 0. The third-order valence-corrected chi connectivity index (χ3v) is 8.37. The third-order valence-electron chi connectivity index (χ3n) is 8.37. The standard InChI is InChI=1S/C34H30FN3O/c1-23(34-30-7-3-2-5-27(30)22-39-34)37-17-14-24(15-18-37)32-21-38(29-11-9-28(35)10-12-29)33-13-8-25(19-31(32)33)26-6-4-16-36-20-26/h2-13,16,19-24H,14-15,17-18H2,1H3. The minimum atomic E-state index is -0.222. The lowest BCUT2D eigenvalue weighted by molar-refractivity contribution is 0.148. The zero-order valence-electron chi connectivity index (χ0n) is 21.9. The molecule has 0 saturated carbocycles. The van der Waals surface area contributed by atoms with Crippen LogP contribution in [-0.2, 0) is 0 Å². The molecule has 0 amide bonds. The first kappa shape index (κ1) is 23.9. The lowest BCUT2D eigenvalue weighted by atomic mass is 9.88. The summed E-state index contributed by atoms with van der Waals surface area (Å²) < 4.78 is 22.0. The molecule has 0 aliphatic carbocycles. The van der Waals surface area contributed by atoms with Crippen LogP contribution in [0.5, 0.6) is 0 Å². The van der Waals surface area contributed by atoms with Crippen molar-refractivity contribution in [2.45, 2.75) is 31.7 Å². The molecule has 4 heterocycles. The van der Waals surface area contributed by atoms with Gasteiger partial charge >= 0.3 is 0 Å². The number of nitrogens with zero attached hydrogens (tertiary/aromatic N) is 3. The van der Waals surface area contributed by atoms with Crippen LogP contribution in [0.2, 0.25) is 0 Å². The Balaban J connectivity index is 1.22. The van der Waals surface area contributed by atoms with E-state index >= 15 is 0 Å². The summed E-state index contributed by atoms with van der Waals surface area (Å²) in [6.45, 7) is 4.27. The van der Waals surface area contributed by atoms with Gasteiger partial charge in [0.05, 0.1) is 17.8 Å². The van der Waals surface area contributed by atoms with Crippen LogP contribution < -0.4 is 0 Å². The first-order valence-corrected chi connectivity index (χ1v) is 13.7. The van der Waals surface area contributed by atoms with E-state index in [2.05, 4.69) is 76.1 Å². The molecule has 0 bridgehead atoms. The summed E-state index contributed by atoms with van der Waals surface area (Å²) >= 11 is 0. The van der Waals surface area contributed by atoms with Gasteiger partial charge in [0, 0.05) is 46.0 Å². The van der Waals surface area contributed by atoms with E-state index in [1.807, 2.05) is 30.7 Å². The van der Waals surface area contributed by atoms with Crippen molar-refractivity contribution in [3.8, 4) is 16.8 Å². The molecule has 39 heavy (non-hydrogen) atoms. The molecule has 3 aromatic carbocycles. The van der Waals surface area contributed by atoms with Crippen LogP contribution in [0.4, 0.5) is 4.39 Å². The molecule has 7 rings (SSSR count). The molecule has 0 N–H and O–H groups in total. The van der Waals surface area contributed by atoms with Crippen molar-refractivity contribution in [3.05, 3.63) is 121 Å². The number of fused-ring (bicyclic) bond motifs is 2.